The van der Waals surface area contributed by atoms with Gasteiger partial charge in [0, 0.05) is 31.0 Å². The lowest BCUT2D eigenvalue weighted by Gasteiger charge is -2.38. The van der Waals surface area contributed by atoms with E-state index in [-0.39, 0.29) is 11.9 Å². The van der Waals surface area contributed by atoms with Gasteiger partial charge in [-0.3, -0.25) is 14.7 Å². The van der Waals surface area contributed by atoms with E-state index in [1.54, 1.807) is 6.20 Å². The van der Waals surface area contributed by atoms with Crippen molar-refractivity contribution in [2.75, 3.05) is 24.5 Å². The highest BCUT2D eigenvalue weighted by Crippen LogP contribution is 2.34. The van der Waals surface area contributed by atoms with Crippen LogP contribution in [0.3, 0.4) is 0 Å². The molecule has 0 radical (unpaired) electrons. The van der Waals surface area contributed by atoms with Gasteiger partial charge in [-0.15, -0.1) is 0 Å². The maximum Gasteiger partial charge on any atom is 0.241 e. The first-order valence-electron chi connectivity index (χ1n) is 9.74. The molecule has 0 bridgehead atoms. The normalized spacial score (nSPS) is 21.9. The lowest BCUT2D eigenvalue weighted by molar-refractivity contribution is -0.121. The lowest BCUT2D eigenvalue weighted by atomic mass is 9.87. The Morgan fingerprint density at radius 1 is 1.22 bits per heavy atom. The third kappa shape index (κ3) is 3.49. The smallest absolute Gasteiger partial charge is 0.241 e. The monoisotopic (exact) mass is 365 g/mol. The third-order valence-corrected chi connectivity index (χ3v) is 5.91. The molecule has 2 aromatic rings. The molecular weight excluding hydrogens is 338 g/mol. The van der Waals surface area contributed by atoms with Crippen LogP contribution in [0.4, 0.5) is 5.69 Å². The molecule has 1 N–H and O–H groups in total. The first-order valence-corrected chi connectivity index (χ1v) is 9.74. The molecule has 4 rings (SSSR count). The molecule has 0 spiro atoms. The number of piperidine rings is 1. The van der Waals surface area contributed by atoms with Gasteiger partial charge in [0.1, 0.15) is 5.60 Å². The second-order valence-electron chi connectivity index (χ2n) is 7.97. The summed E-state index contributed by atoms with van der Waals surface area (Å²) in [5.41, 5.74) is 3.23. The number of aromatic nitrogens is 1. The highest BCUT2D eigenvalue weighted by atomic mass is 16.3. The zero-order valence-electron chi connectivity index (χ0n) is 16.1. The molecule has 1 saturated heterocycles. The minimum absolute atomic E-state index is 0.145. The molecule has 2 aliphatic heterocycles. The number of aryl methyl sites for hydroxylation is 1. The van der Waals surface area contributed by atoms with E-state index < -0.39 is 5.60 Å². The molecular formula is C22H27N3O2. The molecule has 2 aliphatic rings. The summed E-state index contributed by atoms with van der Waals surface area (Å²) >= 11 is 0. The van der Waals surface area contributed by atoms with Crippen LogP contribution in [0.5, 0.6) is 0 Å². The van der Waals surface area contributed by atoms with Gasteiger partial charge in [0.05, 0.1) is 12.2 Å². The minimum Gasteiger partial charge on any atom is -0.383 e. The topological polar surface area (TPSA) is 56.7 Å². The molecule has 1 amide bonds. The van der Waals surface area contributed by atoms with Crippen LogP contribution < -0.4 is 4.90 Å². The van der Waals surface area contributed by atoms with E-state index in [9.17, 15) is 9.90 Å². The number of aliphatic hydroxyl groups is 1. The fourth-order valence-corrected chi connectivity index (χ4v) is 4.29. The Bertz CT molecular complexity index is 826. The third-order valence-electron chi connectivity index (χ3n) is 5.91. The molecule has 27 heavy (non-hydrogen) atoms. The fourth-order valence-electron chi connectivity index (χ4n) is 4.29. The molecule has 0 aliphatic carbocycles. The summed E-state index contributed by atoms with van der Waals surface area (Å²) < 4.78 is 0. The Kier molecular flexibility index (Phi) is 4.74. The molecule has 3 heterocycles. The molecule has 0 saturated carbocycles. The molecule has 5 nitrogen and oxygen atoms in total. The number of carbonyl (C=O) groups excluding carboxylic acids is 1. The molecule has 0 unspecified atom stereocenters. The van der Waals surface area contributed by atoms with Gasteiger partial charge in [-0.2, -0.15) is 0 Å². The van der Waals surface area contributed by atoms with Crippen LogP contribution >= 0.6 is 0 Å². The fraction of sp³-hybridized carbons (Fsp3) is 0.455. The first kappa shape index (κ1) is 18.1. The van der Waals surface area contributed by atoms with Crippen molar-refractivity contribution in [1.82, 2.24) is 9.88 Å². The summed E-state index contributed by atoms with van der Waals surface area (Å²) in [6, 6.07) is 12.3. The number of hydrogen-bond acceptors (Lipinski definition) is 4. The summed E-state index contributed by atoms with van der Waals surface area (Å²) in [5, 5.41) is 11.0. The highest BCUT2D eigenvalue weighted by Gasteiger charge is 2.37. The van der Waals surface area contributed by atoms with Crippen molar-refractivity contribution in [2.24, 2.45) is 0 Å². The molecule has 1 aromatic carbocycles. The molecule has 1 fully saturated rings. The number of pyridine rings is 1. The van der Waals surface area contributed by atoms with Gasteiger partial charge in [0.2, 0.25) is 5.91 Å². The van der Waals surface area contributed by atoms with Crippen molar-refractivity contribution in [3.8, 4) is 0 Å². The second-order valence-corrected chi connectivity index (χ2v) is 7.97. The Morgan fingerprint density at radius 2 is 1.96 bits per heavy atom. The number of anilines is 1. The Balaban J connectivity index is 1.39. The standard InChI is InChI=1S/C22H27N3O2/c1-16-7-8-20(23-14-16)22(27)9-11-24(12-10-22)15-21(26)25-17(2)13-18-5-3-4-6-19(18)25/h3-8,14,17,27H,9-13,15H2,1-2H3/t17-/m0/s1. The van der Waals surface area contributed by atoms with E-state index >= 15 is 0 Å². The first-order chi connectivity index (χ1) is 13.0. The van der Waals surface area contributed by atoms with Gasteiger partial charge in [-0.25, -0.2) is 0 Å². The molecule has 5 heteroatoms. The number of hydrogen-bond donors (Lipinski definition) is 1. The van der Waals surface area contributed by atoms with Crippen LogP contribution in [0.15, 0.2) is 42.6 Å². The molecule has 142 valence electrons. The van der Waals surface area contributed by atoms with Crippen LogP contribution in [0, 0.1) is 6.92 Å². The predicted molar refractivity (Wildman–Crippen MR) is 106 cm³/mol. The quantitative estimate of drug-likeness (QED) is 0.909. The average Bonchev–Trinajstić information content (AvgIpc) is 3.00. The summed E-state index contributed by atoms with van der Waals surface area (Å²) in [6.45, 7) is 5.89. The van der Waals surface area contributed by atoms with Crippen molar-refractivity contribution in [1.29, 1.82) is 0 Å². The second kappa shape index (κ2) is 7.06. The van der Waals surface area contributed by atoms with Crippen LogP contribution in [0.2, 0.25) is 0 Å². The van der Waals surface area contributed by atoms with E-state index in [0.717, 1.165) is 23.4 Å². The van der Waals surface area contributed by atoms with Crippen LogP contribution in [0.1, 0.15) is 36.6 Å². The number of likely N-dealkylation sites (tertiary alicyclic amines) is 1. The van der Waals surface area contributed by atoms with Gasteiger partial charge < -0.3 is 10.0 Å². The van der Waals surface area contributed by atoms with Gasteiger partial charge in [-0.1, -0.05) is 24.3 Å². The lowest BCUT2D eigenvalue weighted by Crippen LogP contribution is -2.48. The van der Waals surface area contributed by atoms with Crippen molar-refractivity contribution in [3.05, 3.63) is 59.4 Å². The van der Waals surface area contributed by atoms with Crippen LogP contribution in [0.25, 0.3) is 0 Å². The van der Waals surface area contributed by atoms with E-state index in [2.05, 4.69) is 22.9 Å². The highest BCUT2D eigenvalue weighted by molar-refractivity contribution is 5.97. The number of fused-ring (bicyclic) bond motifs is 1. The summed E-state index contributed by atoms with van der Waals surface area (Å²) in [6.07, 6.45) is 3.92. The van der Waals surface area contributed by atoms with Gasteiger partial charge in [0.25, 0.3) is 0 Å². The largest absolute Gasteiger partial charge is 0.383 e. The van der Waals surface area contributed by atoms with E-state index in [1.807, 2.05) is 42.2 Å². The summed E-state index contributed by atoms with van der Waals surface area (Å²) in [7, 11) is 0. The zero-order chi connectivity index (χ0) is 19.0. The SMILES string of the molecule is Cc1ccc(C2(O)CCN(CC(=O)N3c4ccccc4C[C@@H]3C)CC2)nc1. The Hall–Kier alpha value is -2.24. The van der Waals surface area contributed by atoms with Crippen LogP contribution in [-0.4, -0.2) is 46.6 Å². The Labute approximate surface area is 160 Å². The Morgan fingerprint density at radius 3 is 2.67 bits per heavy atom. The van der Waals surface area contributed by atoms with E-state index in [1.165, 1.54) is 5.56 Å². The van der Waals surface area contributed by atoms with Gasteiger partial charge >= 0.3 is 0 Å². The van der Waals surface area contributed by atoms with Crippen molar-refractivity contribution in [3.63, 3.8) is 0 Å². The van der Waals surface area contributed by atoms with Gasteiger partial charge in [-0.05, 0) is 56.4 Å². The number of carbonyl (C=O) groups is 1. The number of para-hydroxylation sites is 1. The maximum absolute atomic E-state index is 13.0. The zero-order valence-corrected chi connectivity index (χ0v) is 16.1. The van der Waals surface area contributed by atoms with Gasteiger partial charge in [0.15, 0.2) is 0 Å². The summed E-state index contributed by atoms with van der Waals surface area (Å²) in [4.78, 5) is 21.5. The van der Waals surface area contributed by atoms with Crippen molar-refractivity contribution < 1.29 is 9.90 Å². The number of rotatable bonds is 3. The van der Waals surface area contributed by atoms with Crippen molar-refractivity contribution in [2.45, 2.75) is 44.8 Å². The van der Waals surface area contributed by atoms with Crippen LogP contribution in [-0.2, 0) is 16.8 Å². The van der Waals surface area contributed by atoms with Crippen molar-refractivity contribution >= 4 is 11.6 Å². The van der Waals surface area contributed by atoms with E-state index in [0.29, 0.717) is 32.5 Å². The minimum atomic E-state index is -0.888. The number of nitrogens with zero attached hydrogens (tertiary/aromatic N) is 3. The number of benzene rings is 1. The summed E-state index contributed by atoms with van der Waals surface area (Å²) in [5.74, 6) is 0.145. The predicted octanol–water partition coefficient (Wildman–Crippen LogP) is 2.65. The maximum atomic E-state index is 13.0. The number of amides is 1. The van der Waals surface area contributed by atoms with E-state index in [4.69, 9.17) is 0 Å². The molecule has 1 atom stereocenters. The molecule has 1 aromatic heterocycles. The average molecular weight is 365 g/mol.